The van der Waals surface area contributed by atoms with Crippen molar-refractivity contribution in [1.82, 2.24) is 9.80 Å². The molecule has 1 aliphatic rings. The van der Waals surface area contributed by atoms with Crippen molar-refractivity contribution >= 4 is 27.7 Å². The Morgan fingerprint density at radius 2 is 1.60 bits per heavy atom. The number of hydrogen-bond acceptors (Lipinski definition) is 6. The van der Waals surface area contributed by atoms with E-state index in [4.69, 9.17) is 9.47 Å². The summed E-state index contributed by atoms with van der Waals surface area (Å²) in [4.78, 5) is 28.4. The lowest BCUT2D eigenvalue weighted by atomic mass is 10.1. The number of sulfonamides is 1. The standard InChI is InChI=1S/C25H33N3O6S/c1-6-34-25(30)27-13-11-26(12-14-27)24(29)17-28(21-9-8-19(3)20(4)16-21)35(31,32)23-15-18(2)7-10-22(23)33-5/h7-10,15-16H,6,11-14,17H2,1-5H3. The zero-order valence-corrected chi connectivity index (χ0v) is 21.7. The van der Waals surface area contributed by atoms with Gasteiger partial charge in [-0.15, -0.1) is 0 Å². The molecular formula is C25H33N3O6S. The van der Waals surface area contributed by atoms with Crippen LogP contribution in [0.3, 0.4) is 0 Å². The van der Waals surface area contributed by atoms with E-state index in [1.807, 2.05) is 19.9 Å². The number of methoxy groups -OCH3 is 1. The van der Waals surface area contributed by atoms with Gasteiger partial charge in [0.1, 0.15) is 17.2 Å². The van der Waals surface area contributed by atoms with Crippen LogP contribution >= 0.6 is 0 Å². The van der Waals surface area contributed by atoms with Gasteiger partial charge in [0.05, 0.1) is 19.4 Å². The molecule has 35 heavy (non-hydrogen) atoms. The van der Waals surface area contributed by atoms with Gasteiger partial charge >= 0.3 is 6.09 Å². The Kier molecular flexibility index (Phi) is 8.26. The minimum absolute atomic E-state index is 0.00171. The highest BCUT2D eigenvalue weighted by Crippen LogP contribution is 2.32. The molecule has 2 amide bonds. The molecule has 10 heteroatoms. The monoisotopic (exact) mass is 503 g/mol. The second-order valence-corrected chi connectivity index (χ2v) is 10.3. The molecule has 1 heterocycles. The molecule has 0 radical (unpaired) electrons. The largest absolute Gasteiger partial charge is 0.495 e. The zero-order chi connectivity index (χ0) is 25.8. The number of nitrogens with zero attached hydrogens (tertiary/aromatic N) is 3. The van der Waals surface area contributed by atoms with Crippen LogP contribution in [0.2, 0.25) is 0 Å². The predicted molar refractivity (Wildman–Crippen MR) is 133 cm³/mol. The Labute approximate surface area is 207 Å². The van der Waals surface area contributed by atoms with Crippen LogP contribution in [0.5, 0.6) is 5.75 Å². The third-order valence-electron chi connectivity index (χ3n) is 6.10. The van der Waals surface area contributed by atoms with Crippen molar-refractivity contribution < 1.29 is 27.5 Å². The molecule has 0 bridgehead atoms. The van der Waals surface area contributed by atoms with Gasteiger partial charge in [0.25, 0.3) is 10.0 Å². The number of carbonyl (C=O) groups excluding carboxylic acids is 2. The van der Waals surface area contributed by atoms with Crippen LogP contribution in [0.25, 0.3) is 0 Å². The quantitative estimate of drug-likeness (QED) is 0.576. The van der Waals surface area contributed by atoms with Crippen LogP contribution in [0.1, 0.15) is 23.6 Å². The van der Waals surface area contributed by atoms with Gasteiger partial charge < -0.3 is 19.3 Å². The average Bonchev–Trinajstić information content (AvgIpc) is 2.84. The Bertz CT molecular complexity index is 1190. The SMILES string of the molecule is CCOC(=O)N1CCN(C(=O)CN(c2ccc(C)c(C)c2)S(=O)(=O)c2cc(C)ccc2OC)CC1. The molecule has 0 unspecified atom stereocenters. The molecule has 0 aliphatic carbocycles. The number of piperazine rings is 1. The highest BCUT2D eigenvalue weighted by Gasteiger charge is 2.33. The fourth-order valence-electron chi connectivity index (χ4n) is 3.88. The molecule has 0 spiro atoms. The molecule has 0 N–H and O–H groups in total. The van der Waals surface area contributed by atoms with Gasteiger partial charge in [-0.05, 0) is 68.7 Å². The van der Waals surface area contributed by atoms with Crippen molar-refractivity contribution in [2.45, 2.75) is 32.6 Å². The summed E-state index contributed by atoms with van der Waals surface area (Å²) < 4.78 is 39.3. The second-order valence-electron chi connectivity index (χ2n) is 8.50. The summed E-state index contributed by atoms with van der Waals surface area (Å²) in [5.41, 5.74) is 3.08. The molecule has 1 saturated heterocycles. The minimum Gasteiger partial charge on any atom is -0.495 e. The van der Waals surface area contributed by atoms with Crippen LogP contribution < -0.4 is 9.04 Å². The van der Waals surface area contributed by atoms with E-state index < -0.39 is 16.1 Å². The van der Waals surface area contributed by atoms with E-state index in [0.717, 1.165) is 21.0 Å². The van der Waals surface area contributed by atoms with Crippen LogP contribution in [-0.4, -0.2) is 76.7 Å². The van der Waals surface area contributed by atoms with Crippen molar-refractivity contribution in [3.63, 3.8) is 0 Å². The molecule has 190 valence electrons. The molecule has 3 rings (SSSR count). The number of amides is 2. The van der Waals surface area contributed by atoms with Gasteiger partial charge in [-0.2, -0.15) is 0 Å². The van der Waals surface area contributed by atoms with Gasteiger partial charge in [-0.25, -0.2) is 13.2 Å². The van der Waals surface area contributed by atoms with E-state index in [1.54, 1.807) is 54.0 Å². The summed E-state index contributed by atoms with van der Waals surface area (Å²) in [5, 5.41) is 0. The normalized spacial score (nSPS) is 14.0. The number of hydrogen-bond donors (Lipinski definition) is 0. The van der Waals surface area contributed by atoms with Crippen LogP contribution in [-0.2, 0) is 19.6 Å². The molecule has 0 aromatic heterocycles. The maximum absolute atomic E-state index is 13.9. The number of rotatable bonds is 7. The number of aryl methyl sites for hydroxylation is 3. The number of anilines is 1. The lowest BCUT2D eigenvalue weighted by molar-refractivity contribution is -0.131. The third kappa shape index (κ3) is 5.87. The molecule has 9 nitrogen and oxygen atoms in total. The minimum atomic E-state index is -4.14. The third-order valence-corrected chi connectivity index (χ3v) is 7.90. The van der Waals surface area contributed by atoms with E-state index in [-0.39, 0.29) is 29.7 Å². The van der Waals surface area contributed by atoms with E-state index in [9.17, 15) is 18.0 Å². The van der Waals surface area contributed by atoms with E-state index in [0.29, 0.717) is 31.9 Å². The van der Waals surface area contributed by atoms with Crippen molar-refractivity contribution in [2.24, 2.45) is 0 Å². The van der Waals surface area contributed by atoms with E-state index >= 15 is 0 Å². The Hall–Kier alpha value is -3.27. The fraction of sp³-hybridized carbons (Fsp3) is 0.440. The maximum Gasteiger partial charge on any atom is 0.409 e. The lowest BCUT2D eigenvalue weighted by Gasteiger charge is -2.35. The number of carbonyl (C=O) groups is 2. The highest BCUT2D eigenvalue weighted by atomic mass is 32.2. The molecule has 0 saturated carbocycles. The van der Waals surface area contributed by atoms with Crippen molar-refractivity contribution in [1.29, 1.82) is 0 Å². The predicted octanol–water partition coefficient (Wildman–Crippen LogP) is 3.12. The van der Waals surface area contributed by atoms with Crippen LogP contribution in [0.15, 0.2) is 41.3 Å². The smallest absolute Gasteiger partial charge is 0.409 e. The van der Waals surface area contributed by atoms with Gasteiger partial charge in [0.15, 0.2) is 0 Å². The first-order valence-electron chi connectivity index (χ1n) is 11.5. The molecular weight excluding hydrogens is 470 g/mol. The Morgan fingerprint density at radius 3 is 2.20 bits per heavy atom. The summed E-state index contributed by atoms with van der Waals surface area (Å²) in [7, 11) is -2.72. The second kappa shape index (κ2) is 11.0. The van der Waals surface area contributed by atoms with Gasteiger partial charge in [0.2, 0.25) is 5.91 Å². The maximum atomic E-state index is 13.9. The van der Waals surface area contributed by atoms with Gasteiger partial charge in [-0.1, -0.05) is 12.1 Å². The number of benzene rings is 2. The molecule has 1 fully saturated rings. The van der Waals surface area contributed by atoms with Gasteiger partial charge in [-0.3, -0.25) is 9.10 Å². The molecule has 0 atom stereocenters. The zero-order valence-electron chi connectivity index (χ0n) is 20.9. The van der Waals surface area contributed by atoms with Crippen molar-refractivity contribution in [3.8, 4) is 5.75 Å². The summed E-state index contributed by atoms with van der Waals surface area (Å²) >= 11 is 0. The Balaban J connectivity index is 1.92. The van der Waals surface area contributed by atoms with Crippen LogP contribution in [0.4, 0.5) is 10.5 Å². The van der Waals surface area contributed by atoms with E-state index in [1.165, 1.54) is 7.11 Å². The first kappa shape index (κ1) is 26.3. The summed E-state index contributed by atoms with van der Waals surface area (Å²) in [6.07, 6.45) is -0.412. The molecule has 1 aliphatic heterocycles. The molecule has 2 aromatic carbocycles. The first-order chi connectivity index (χ1) is 16.6. The van der Waals surface area contributed by atoms with Crippen molar-refractivity contribution in [3.05, 3.63) is 53.1 Å². The first-order valence-corrected chi connectivity index (χ1v) is 13.0. The van der Waals surface area contributed by atoms with Gasteiger partial charge in [0, 0.05) is 26.2 Å². The van der Waals surface area contributed by atoms with Crippen molar-refractivity contribution in [2.75, 3.05) is 50.7 Å². The lowest BCUT2D eigenvalue weighted by Crippen LogP contribution is -2.53. The molecule has 2 aromatic rings. The summed E-state index contributed by atoms with van der Waals surface area (Å²) in [6.45, 7) is 8.53. The highest BCUT2D eigenvalue weighted by molar-refractivity contribution is 7.93. The number of ether oxygens (including phenoxy) is 2. The topological polar surface area (TPSA) is 96.5 Å². The average molecular weight is 504 g/mol. The van der Waals surface area contributed by atoms with Crippen LogP contribution in [0, 0.1) is 20.8 Å². The summed E-state index contributed by atoms with van der Waals surface area (Å²) in [6, 6.07) is 10.2. The summed E-state index contributed by atoms with van der Waals surface area (Å²) in [5.74, 6) is -0.137. The Morgan fingerprint density at radius 1 is 0.943 bits per heavy atom. The van der Waals surface area contributed by atoms with E-state index in [2.05, 4.69) is 0 Å². The fourth-order valence-corrected chi connectivity index (χ4v) is 5.53.